The zero-order valence-electron chi connectivity index (χ0n) is 17.8. The largest absolute Gasteiger partial charge is 0.493 e. The van der Waals surface area contributed by atoms with E-state index in [1.807, 2.05) is 25.1 Å². The normalized spacial score (nSPS) is 20.1. The number of nitrogens with one attached hydrogen (secondary N) is 3. The van der Waals surface area contributed by atoms with Crippen LogP contribution in [-0.2, 0) is 11.3 Å². The Morgan fingerprint density at radius 3 is 2.41 bits per heavy atom. The van der Waals surface area contributed by atoms with Gasteiger partial charge in [0.15, 0.2) is 18.0 Å². The second kappa shape index (κ2) is 9.80. The van der Waals surface area contributed by atoms with Gasteiger partial charge in [-0.15, -0.1) is 0 Å². The van der Waals surface area contributed by atoms with Gasteiger partial charge in [-0.05, 0) is 43.7 Å². The van der Waals surface area contributed by atoms with E-state index in [2.05, 4.69) is 18.3 Å². The van der Waals surface area contributed by atoms with Gasteiger partial charge in [-0.3, -0.25) is 4.79 Å². The van der Waals surface area contributed by atoms with E-state index in [-0.39, 0.29) is 11.9 Å². The predicted octanol–water partition coefficient (Wildman–Crippen LogP) is -0.234. The number of piperazine rings is 1. The average molecular weight is 404 g/mol. The number of amides is 1. The molecule has 2 heterocycles. The first-order chi connectivity index (χ1) is 14.0. The van der Waals surface area contributed by atoms with Crippen LogP contribution in [0.25, 0.3) is 0 Å². The van der Waals surface area contributed by atoms with Crippen molar-refractivity contribution in [3.63, 3.8) is 0 Å². The summed E-state index contributed by atoms with van der Waals surface area (Å²) in [5.74, 6) is 2.41. The van der Waals surface area contributed by atoms with Crippen LogP contribution in [0.4, 0.5) is 0 Å². The third-order valence-corrected chi connectivity index (χ3v) is 5.70. The molecule has 2 aromatic rings. The van der Waals surface area contributed by atoms with E-state index in [1.54, 1.807) is 20.5 Å². The van der Waals surface area contributed by atoms with Crippen LogP contribution in [-0.4, -0.2) is 52.9 Å². The number of aryl methyl sites for hydroxylation is 1. The Balaban J connectivity index is 1.47. The van der Waals surface area contributed by atoms with Gasteiger partial charge < -0.3 is 29.0 Å². The van der Waals surface area contributed by atoms with Crippen LogP contribution >= 0.6 is 0 Å². The Morgan fingerprint density at radius 2 is 1.79 bits per heavy atom. The molecular formula is C22H33N3O4+2. The number of hydrogen-bond acceptors (Lipinski definition) is 4. The number of hydrogen-bond donors (Lipinski definition) is 3. The molecule has 1 aliphatic rings. The van der Waals surface area contributed by atoms with Gasteiger partial charge in [0.05, 0.1) is 26.5 Å². The highest BCUT2D eigenvalue weighted by Gasteiger charge is 2.26. The fourth-order valence-corrected chi connectivity index (χ4v) is 3.92. The summed E-state index contributed by atoms with van der Waals surface area (Å²) in [4.78, 5) is 15.2. The molecule has 0 spiro atoms. The quantitative estimate of drug-likeness (QED) is 0.569. The van der Waals surface area contributed by atoms with Crippen molar-refractivity contribution in [2.75, 3.05) is 46.9 Å². The highest BCUT2D eigenvalue weighted by molar-refractivity contribution is 5.77. The van der Waals surface area contributed by atoms with E-state index < -0.39 is 0 Å². The van der Waals surface area contributed by atoms with Crippen LogP contribution in [0.15, 0.2) is 34.9 Å². The standard InChI is InChI=1S/C22H31N3O4/c1-16-12-20(27-3)21(28-4)13-18(16)14-24-7-9-25(10-8-24)15-22(26)23-17(2)19-6-5-11-29-19/h5-6,11-13,17H,7-10,14-15H2,1-4H3,(H,23,26)/p+2/t17-/m0/s1. The van der Waals surface area contributed by atoms with Crippen LogP contribution in [0, 0.1) is 6.92 Å². The minimum absolute atomic E-state index is 0.0723. The Kier molecular flexibility index (Phi) is 7.17. The van der Waals surface area contributed by atoms with Crippen LogP contribution in [0.3, 0.4) is 0 Å². The van der Waals surface area contributed by atoms with Crippen molar-refractivity contribution in [1.82, 2.24) is 5.32 Å². The number of methoxy groups -OCH3 is 2. The Bertz CT molecular complexity index is 799. The molecule has 0 unspecified atom stereocenters. The second-order valence-electron chi connectivity index (χ2n) is 7.79. The Labute approximate surface area is 172 Å². The van der Waals surface area contributed by atoms with Crippen LogP contribution < -0.4 is 24.6 Å². The van der Waals surface area contributed by atoms with Gasteiger partial charge >= 0.3 is 0 Å². The van der Waals surface area contributed by atoms with Crippen LogP contribution in [0.2, 0.25) is 0 Å². The summed E-state index contributed by atoms with van der Waals surface area (Å²) in [6.07, 6.45) is 1.63. The van der Waals surface area contributed by atoms with E-state index in [0.717, 1.165) is 50.0 Å². The number of ether oxygens (including phenoxy) is 2. The van der Waals surface area contributed by atoms with E-state index in [4.69, 9.17) is 13.9 Å². The van der Waals surface area contributed by atoms with Gasteiger partial charge in [0, 0.05) is 5.56 Å². The highest BCUT2D eigenvalue weighted by Crippen LogP contribution is 2.29. The molecule has 1 fully saturated rings. The molecule has 1 amide bonds. The first-order valence-electron chi connectivity index (χ1n) is 10.2. The third kappa shape index (κ3) is 5.52. The Hall–Kier alpha value is -2.51. The van der Waals surface area contributed by atoms with E-state index in [9.17, 15) is 4.79 Å². The van der Waals surface area contributed by atoms with Gasteiger partial charge in [-0.25, -0.2) is 0 Å². The molecule has 0 bridgehead atoms. The van der Waals surface area contributed by atoms with Crippen LogP contribution in [0.5, 0.6) is 11.5 Å². The smallest absolute Gasteiger partial charge is 0.275 e. The van der Waals surface area contributed by atoms with E-state index in [1.165, 1.54) is 20.9 Å². The molecule has 7 heteroatoms. The zero-order chi connectivity index (χ0) is 20.8. The van der Waals surface area contributed by atoms with Crippen molar-refractivity contribution in [3.05, 3.63) is 47.4 Å². The first-order valence-corrected chi connectivity index (χ1v) is 10.2. The summed E-state index contributed by atoms with van der Waals surface area (Å²) in [6, 6.07) is 7.75. The molecule has 1 atom stereocenters. The lowest BCUT2D eigenvalue weighted by molar-refractivity contribution is -1.02. The van der Waals surface area contributed by atoms with Gasteiger partial charge in [0.1, 0.15) is 38.5 Å². The van der Waals surface area contributed by atoms with Crippen molar-refractivity contribution in [2.24, 2.45) is 0 Å². The number of furan rings is 1. The fraction of sp³-hybridized carbons (Fsp3) is 0.500. The molecule has 0 aliphatic carbocycles. The maximum atomic E-state index is 12.4. The predicted molar refractivity (Wildman–Crippen MR) is 110 cm³/mol. The molecule has 0 radical (unpaired) electrons. The van der Waals surface area contributed by atoms with Gasteiger partial charge in [-0.2, -0.15) is 0 Å². The molecule has 3 rings (SSSR count). The first kappa shape index (κ1) is 21.2. The number of benzene rings is 1. The minimum Gasteiger partial charge on any atom is -0.493 e. The lowest BCUT2D eigenvalue weighted by Crippen LogP contribution is -3.28. The molecule has 1 saturated heterocycles. The molecule has 29 heavy (non-hydrogen) atoms. The molecule has 7 nitrogen and oxygen atoms in total. The van der Waals surface area contributed by atoms with Gasteiger partial charge in [0.2, 0.25) is 0 Å². The number of rotatable bonds is 8. The third-order valence-electron chi connectivity index (χ3n) is 5.70. The van der Waals surface area contributed by atoms with Crippen molar-refractivity contribution in [2.45, 2.75) is 26.4 Å². The molecule has 158 valence electrons. The van der Waals surface area contributed by atoms with E-state index in [0.29, 0.717) is 6.54 Å². The SMILES string of the molecule is COc1cc(C)c(C[NH+]2CC[NH+](CC(=O)N[C@@H](C)c3ccco3)CC2)cc1OC. The summed E-state index contributed by atoms with van der Waals surface area (Å²) >= 11 is 0. The summed E-state index contributed by atoms with van der Waals surface area (Å²) in [6.45, 7) is 9.60. The van der Waals surface area contributed by atoms with Gasteiger partial charge in [-0.1, -0.05) is 0 Å². The Morgan fingerprint density at radius 1 is 1.14 bits per heavy atom. The van der Waals surface area contributed by atoms with Crippen molar-refractivity contribution < 1.29 is 28.5 Å². The van der Waals surface area contributed by atoms with Gasteiger partial charge in [0.25, 0.3) is 5.91 Å². The topological polar surface area (TPSA) is 69.6 Å². The lowest BCUT2D eigenvalue weighted by Gasteiger charge is -2.30. The lowest BCUT2D eigenvalue weighted by atomic mass is 10.1. The molecule has 1 aromatic carbocycles. The molecule has 0 saturated carbocycles. The van der Waals surface area contributed by atoms with Crippen molar-refractivity contribution >= 4 is 5.91 Å². The van der Waals surface area contributed by atoms with Crippen LogP contribution in [0.1, 0.15) is 29.9 Å². The highest BCUT2D eigenvalue weighted by atomic mass is 16.5. The molecule has 3 N–H and O–H groups in total. The fourth-order valence-electron chi connectivity index (χ4n) is 3.92. The maximum Gasteiger partial charge on any atom is 0.275 e. The molecule has 1 aromatic heterocycles. The van der Waals surface area contributed by atoms with Crippen molar-refractivity contribution in [1.29, 1.82) is 0 Å². The summed E-state index contributed by atoms with van der Waals surface area (Å²) in [5, 5.41) is 3.03. The monoisotopic (exact) mass is 403 g/mol. The maximum absolute atomic E-state index is 12.4. The number of carbonyl (C=O) groups is 1. The molecular weight excluding hydrogens is 370 g/mol. The second-order valence-corrected chi connectivity index (χ2v) is 7.79. The van der Waals surface area contributed by atoms with E-state index >= 15 is 0 Å². The van der Waals surface area contributed by atoms with Crippen molar-refractivity contribution in [3.8, 4) is 11.5 Å². The average Bonchev–Trinajstić information content (AvgIpc) is 3.25. The summed E-state index contributed by atoms with van der Waals surface area (Å²) in [7, 11) is 3.33. The minimum atomic E-state index is -0.100. The summed E-state index contributed by atoms with van der Waals surface area (Å²) < 4.78 is 16.2. The number of quaternary nitrogens is 2. The molecule has 1 aliphatic heterocycles. The summed E-state index contributed by atoms with van der Waals surface area (Å²) in [5.41, 5.74) is 2.50. The number of carbonyl (C=O) groups excluding carboxylic acids is 1. The zero-order valence-corrected chi connectivity index (χ0v) is 17.8.